The van der Waals surface area contributed by atoms with Crippen LogP contribution in [0.5, 0.6) is 0 Å². The van der Waals surface area contributed by atoms with Crippen molar-refractivity contribution in [1.29, 1.82) is 0 Å². The lowest BCUT2D eigenvalue weighted by Crippen LogP contribution is -2.11. The van der Waals surface area contributed by atoms with Crippen LogP contribution in [0.4, 0.5) is 17.1 Å². The molecule has 0 fully saturated rings. The highest BCUT2D eigenvalue weighted by atomic mass is 16.3. The minimum absolute atomic E-state index is 0.888. The van der Waals surface area contributed by atoms with Crippen LogP contribution in [0, 0.1) is 0 Å². The Kier molecular flexibility index (Phi) is 6.84. The number of hydrogen-bond acceptors (Lipinski definition) is 2. The zero-order chi connectivity index (χ0) is 31.9. The van der Waals surface area contributed by atoms with Gasteiger partial charge < -0.3 is 9.32 Å². The zero-order valence-electron chi connectivity index (χ0n) is 26.3. The Balaban J connectivity index is 1.16. The van der Waals surface area contributed by atoms with E-state index in [1.54, 1.807) is 0 Å². The normalized spacial score (nSPS) is 11.3. The Hall–Kier alpha value is -6.38. The van der Waals surface area contributed by atoms with Crippen LogP contribution in [0.1, 0.15) is 0 Å². The third-order valence-electron chi connectivity index (χ3n) is 9.26. The van der Waals surface area contributed by atoms with Gasteiger partial charge in [-0.05, 0) is 63.9 Å². The summed E-state index contributed by atoms with van der Waals surface area (Å²) in [4.78, 5) is 2.39. The fourth-order valence-corrected chi connectivity index (χ4v) is 7.00. The maximum atomic E-state index is 6.54. The Bertz CT molecular complexity index is 2470. The van der Waals surface area contributed by atoms with Gasteiger partial charge in [0.05, 0.1) is 11.4 Å². The molecule has 0 N–H and O–H groups in total. The van der Waals surface area contributed by atoms with Gasteiger partial charge in [-0.25, -0.2) is 0 Å². The molecule has 0 aliphatic carbocycles. The number of para-hydroxylation sites is 1. The molecule has 0 unspecified atom stereocenters. The van der Waals surface area contributed by atoms with Gasteiger partial charge in [0.1, 0.15) is 11.3 Å². The molecular formula is C46H31NO. The van der Waals surface area contributed by atoms with Crippen LogP contribution in [-0.2, 0) is 0 Å². The first kappa shape index (κ1) is 27.9. The largest absolute Gasteiger partial charge is 0.455 e. The van der Waals surface area contributed by atoms with Crippen molar-refractivity contribution in [2.75, 3.05) is 4.90 Å². The number of anilines is 3. The molecule has 0 saturated carbocycles. The van der Waals surface area contributed by atoms with Crippen molar-refractivity contribution >= 4 is 49.6 Å². The van der Waals surface area contributed by atoms with E-state index in [1.165, 1.54) is 21.5 Å². The topological polar surface area (TPSA) is 16.4 Å². The summed E-state index contributed by atoms with van der Waals surface area (Å²) in [5.74, 6) is 0.888. The van der Waals surface area contributed by atoms with Gasteiger partial charge in [0.15, 0.2) is 0 Å². The van der Waals surface area contributed by atoms with Crippen molar-refractivity contribution in [1.82, 2.24) is 0 Å². The summed E-state index contributed by atoms with van der Waals surface area (Å²) in [6.07, 6.45) is 0. The van der Waals surface area contributed by atoms with E-state index in [1.807, 2.05) is 12.1 Å². The number of furan rings is 1. The van der Waals surface area contributed by atoms with E-state index in [-0.39, 0.29) is 0 Å². The molecule has 9 aromatic rings. The molecular weight excluding hydrogens is 583 g/mol. The van der Waals surface area contributed by atoms with Crippen LogP contribution >= 0.6 is 0 Å². The maximum absolute atomic E-state index is 6.54. The third-order valence-corrected chi connectivity index (χ3v) is 9.26. The van der Waals surface area contributed by atoms with E-state index >= 15 is 0 Å². The van der Waals surface area contributed by atoms with Crippen LogP contribution in [0.2, 0.25) is 0 Å². The second-order valence-corrected chi connectivity index (χ2v) is 12.1. The highest BCUT2D eigenvalue weighted by molar-refractivity contribution is 6.05. The average Bonchev–Trinajstić information content (AvgIpc) is 3.56. The molecule has 0 amide bonds. The standard InChI is InChI=1S/C46H31NO/c1-2-15-35(16-3-1)45-41-23-8-9-26-44(41)48-46(45)37-20-10-19-36(31-37)32-27-29-38(30-28-32)47(42-24-11-17-33-13-4-6-21-39(33)42)43-25-12-18-34-14-5-7-22-40(34)43/h1-31H. The predicted octanol–water partition coefficient (Wildman–Crippen LogP) is 13.2. The molecule has 0 atom stereocenters. The van der Waals surface area contributed by atoms with E-state index in [4.69, 9.17) is 4.42 Å². The Labute approximate surface area is 279 Å². The van der Waals surface area contributed by atoms with Crippen LogP contribution < -0.4 is 4.90 Å². The van der Waals surface area contributed by atoms with Crippen molar-refractivity contribution in [3.8, 4) is 33.6 Å². The Morgan fingerprint density at radius 2 is 0.875 bits per heavy atom. The van der Waals surface area contributed by atoms with E-state index in [0.29, 0.717) is 0 Å². The molecule has 9 rings (SSSR count). The van der Waals surface area contributed by atoms with Crippen molar-refractivity contribution in [2.24, 2.45) is 0 Å². The van der Waals surface area contributed by atoms with Crippen molar-refractivity contribution in [2.45, 2.75) is 0 Å². The monoisotopic (exact) mass is 613 g/mol. The van der Waals surface area contributed by atoms with E-state index in [2.05, 4.69) is 181 Å². The van der Waals surface area contributed by atoms with Gasteiger partial charge in [-0.15, -0.1) is 0 Å². The molecule has 0 spiro atoms. The minimum atomic E-state index is 0.888. The molecule has 48 heavy (non-hydrogen) atoms. The zero-order valence-corrected chi connectivity index (χ0v) is 26.3. The molecule has 0 aliphatic rings. The highest BCUT2D eigenvalue weighted by Gasteiger charge is 2.19. The molecule has 0 radical (unpaired) electrons. The molecule has 0 bridgehead atoms. The van der Waals surface area contributed by atoms with Gasteiger partial charge in [-0.3, -0.25) is 0 Å². The summed E-state index contributed by atoms with van der Waals surface area (Å²) in [7, 11) is 0. The summed E-state index contributed by atoms with van der Waals surface area (Å²) in [5.41, 5.74) is 9.91. The summed E-state index contributed by atoms with van der Waals surface area (Å²) in [6, 6.07) is 66.8. The van der Waals surface area contributed by atoms with Gasteiger partial charge in [0, 0.05) is 33.0 Å². The molecule has 0 aliphatic heterocycles. The van der Waals surface area contributed by atoms with Crippen molar-refractivity contribution in [3.05, 3.63) is 188 Å². The molecule has 2 nitrogen and oxygen atoms in total. The summed E-state index contributed by atoms with van der Waals surface area (Å²) >= 11 is 0. The van der Waals surface area contributed by atoms with Crippen molar-refractivity contribution < 1.29 is 4.42 Å². The molecule has 0 saturated heterocycles. The number of rotatable bonds is 6. The van der Waals surface area contributed by atoms with E-state index < -0.39 is 0 Å². The van der Waals surface area contributed by atoms with Gasteiger partial charge in [-0.2, -0.15) is 0 Å². The molecule has 1 heterocycles. The minimum Gasteiger partial charge on any atom is -0.455 e. The number of nitrogens with zero attached hydrogens (tertiary/aromatic N) is 1. The SMILES string of the molecule is c1ccc(-c2c(-c3cccc(-c4ccc(N(c5cccc6ccccc56)c5cccc6ccccc56)cc4)c3)oc3ccccc23)cc1. The second kappa shape index (κ2) is 11.8. The summed E-state index contributed by atoms with van der Waals surface area (Å²) < 4.78 is 6.54. The van der Waals surface area contributed by atoms with Crippen LogP contribution in [0.15, 0.2) is 192 Å². The smallest absolute Gasteiger partial charge is 0.143 e. The first-order valence-electron chi connectivity index (χ1n) is 16.4. The van der Waals surface area contributed by atoms with Crippen LogP contribution in [0.25, 0.3) is 66.1 Å². The molecule has 2 heteroatoms. The lowest BCUT2D eigenvalue weighted by molar-refractivity contribution is 0.632. The van der Waals surface area contributed by atoms with Gasteiger partial charge in [0.25, 0.3) is 0 Å². The quantitative estimate of drug-likeness (QED) is 0.185. The highest BCUT2D eigenvalue weighted by Crippen LogP contribution is 2.44. The number of fused-ring (bicyclic) bond motifs is 3. The first-order chi connectivity index (χ1) is 23.8. The van der Waals surface area contributed by atoms with Crippen LogP contribution in [0.3, 0.4) is 0 Å². The maximum Gasteiger partial charge on any atom is 0.143 e. The average molecular weight is 614 g/mol. The van der Waals surface area contributed by atoms with Crippen molar-refractivity contribution in [3.63, 3.8) is 0 Å². The fourth-order valence-electron chi connectivity index (χ4n) is 7.00. The number of hydrogen-bond donors (Lipinski definition) is 0. The number of benzene rings is 8. The second-order valence-electron chi connectivity index (χ2n) is 12.1. The molecule has 226 valence electrons. The molecule has 1 aromatic heterocycles. The Morgan fingerprint density at radius 3 is 1.56 bits per heavy atom. The lowest BCUT2D eigenvalue weighted by atomic mass is 9.96. The van der Waals surface area contributed by atoms with E-state index in [9.17, 15) is 0 Å². The molecule has 8 aromatic carbocycles. The lowest BCUT2D eigenvalue weighted by Gasteiger charge is -2.28. The van der Waals surface area contributed by atoms with E-state index in [0.717, 1.165) is 61.6 Å². The van der Waals surface area contributed by atoms with Gasteiger partial charge in [0.2, 0.25) is 0 Å². The summed E-state index contributed by atoms with van der Waals surface area (Å²) in [6.45, 7) is 0. The van der Waals surface area contributed by atoms with Crippen LogP contribution in [-0.4, -0.2) is 0 Å². The fraction of sp³-hybridized carbons (Fsp3) is 0. The third kappa shape index (κ3) is 4.83. The Morgan fingerprint density at radius 1 is 0.354 bits per heavy atom. The van der Waals surface area contributed by atoms with Gasteiger partial charge in [-0.1, -0.05) is 152 Å². The van der Waals surface area contributed by atoms with Gasteiger partial charge >= 0.3 is 0 Å². The first-order valence-corrected chi connectivity index (χ1v) is 16.4. The predicted molar refractivity (Wildman–Crippen MR) is 202 cm³/mol. The summed E-state index contributed by atoms with van der Waals surface area (Å²) in [5, 5.41) is 5.98.